The van der Waals surface area contributed by atoms with E-state index in [0.717, 1.165) is 0 Å². The lowest BCUT2D eigenvalue weighted by Gasteiger charge is -2.08. The van der Waals surface area contributed by atoms with E-state index in [-0.39, 0.29) is 18.6 Å². The Labute approximate surface area is 69.8 Å². The van der Waals surface area contributed by atoms with Gasteiger partial charge in [-0.25, -0.2) is 4.79 Å². The van der Waals surface area contributed by atoms with Gasteiger partial charge in [0.1, 0.15) is 11.8 Å². The molecule has 0 rings (SSSR count). The Hall–Kier alpha value is -1.39. The van der Waals surface area contributed by atoms with E-state index >= 15 is 0 Å². The van der Waals surface area contributed by atoms with Gasteiger partial charge in [-0.2, -0.15) is 0 Å². The lowest BCUT2D eigenvalue weighted by molar-refractivity contribution is -0.140. The molecular weight excluding hydrogens is 162 g/mol. The number of rotatable bonds is 6. The first-order valence-corrected chi connectivity index (χ1v) is 3.50. The summed E-state index contributed by atoms with van der Waals surface area (Å²) in [5.74, 6) is -1.21. The predicted molar refractivity (Wildman–Crippen MR) is 40.5 cm³/mol. The van der Waals surface area contributed by atoms with E-state index in [1.807, 2.05) is 0 Å². The van der Waals surface area contributed by atoms with Crippen molar-refractivity contribution in [1.82, 2.24) is 5.32 Å². The number of hydrogen-bond donors (Lipinski definition) is 2. The molecule has 1 amide bonds. The third-order valence-corrected chi connectivity index (χ3v) is 1.35. The maximum absolute atomic E-state index is 10.5. The molecule has 12 heavy (non-hydrogen) atoms. The number of carbonyl (C=O) groups is 3. The monoisotopic (exact) mass is 173 g/mol. The molecule has 0 fully saturated rings. The van der Waals surface area contributed by atoms with Gasteiger partial charge in [0.25, 0.3) is 0 Å². The van der Waals surface area contributed by atoms with Gasteiger partial charge in [-0.3, -0.25) is 4.79 Å². The summed E-state index contributed by atoms with van der Waals surface area (Å²) >= 11 is 0. The van der Waals surface area contributed by atoms with Crippen LogP contribution in [0.4, 0.5) is 0 Å². The number of nitrogens with one attached hydrogen (secondary N) is 1. The number of hydrogen-bond acceptors (Lipinski definition) is 3. The van der Waals surface area contributed by atoms with E-state index in [1.165, 1.54) is 6.92 Å². The normalized spacial score (nSPS) is 11.8. The maximum atomic E-state index is 10.5. The fourth-order valence-electron chi connectivity index (χ4n) is 0.708. The Morgan fingerprint density at radius 2 is 2.17 bits per heavy atom. The topological polar surface area (TPSA) is 83.5 Å². The molecule has 0 radical (unpaired) electrons. The third kappa shape index (κ3) is 4.43. The van der Waals surface area contributed by atoms with Crippen LogP contribution < -0.4 is 5.32 Å². The van der Waals surface area contributed by atoms with Crippen molar-refractivity contribution >= 4 is 18.2 Å². The smallest absolute Gasteiger partial charge is 0.326 e. The van der Waals surface area contributed by atoms with Crippen molar-refractivity contribution in [2.75, 3.05) is 0 Å². The van der Waals surface area contributed by atoms with Gasteiger partial charge in [-0.15, -0.1) is 0 Å². The van der Waals surface area contributed by atoms with Crippen LogP contribution >= 0.6 is 0 Å². The van der Waals surface area contributed by atoms with Gasteiger partial charge >= 0.3 is 5.97 Å². The van der Waals surface area contributed by atoms with Crippen LogP contribution in [0.2, 0.25) is 0 Å². The largest absolute Gasteiger partial charge is 0.480 e. The van der Waals surface area contributed by atoms with E-state index < -0.39 is 12.0 Å². The summed E-state index contributed by atoms with van der Waals surface area (Å²) in [4.78, 5) is 30.7. The van der Waals surface area contributed by atoms with Gasteiger partial charge in [-0.1, -0.05) is 0 Å². The Morgan fingerprint density at radius 3 is 2.50 bits per heavy atom. The molecule has 0 aliphatic rings. The van der Waals surface area contributed by atoms with Gasteiger partial charge in [0.05, 0.1) is 0 Å². The van der Waals surface area contributed by atoms with Gasteiger partial charge in [0.2, 0.25) is 6.41 Å². The molecule has 0 aliphatic carbocycles. The molecule has 0 bridgehead atoms. The molecule has 1 atom stereocenters. The van der Waals surface area contributed by atoms with E-state index in [0.29, 0.717) is 6.41 Å². The minimum atomic E-state index is -1.12. The SMILES string of the molecule is CC(=O)CCC(NC=O)C(=O)O. The molecule has 5 heteroatoms. The Morgan fingerprint density at radius 1 is 1.58 bits per heavy atom. The molecule has 5 nitrogen and oxygen atoms in total. The first kappa shape index (κ1) is 10.6. The van der Waals surface area contributed by atoms with Gasteiger partial charge in [0, 0.05) is 6.42 Å². The van der Waals surface area contributed by atoms with Gasteiger partial charge in [-0.05, 0) is 13.3 Å². The zero-order valence-corrected chi connectivity index (χ0v) is 6.74. The molecule has 68 valence electrons. The Balaban J connectivity index is 3.86. The zero-order chi connectivity index (χ0) is 9.56. The van der Waals surface area contributed by atoms with Crippen LogP contribution in [0.1, 0.15) is 19.8 Å². The fourth-order valence-corrected chi connectivity index (χ4v) is 0.708. The lowest BCUT2D eigenvalue weighted by Crippen LogP contribution is -2.35. The highest BCUT2D eigenvalue weighted by Crippen LogP contribution is 1.97. The highest BCUT2D eigenvalue weighted by molar-refractivity contribution is 5.79. The second-order valence-electron chi connectivity index (χ2n) is 2.42. The van der Waals surface area contributed by atoms with Crippen LogP contribution in [0.15, 0.2) is 0 Å². The molecule has 0 saturated heterocycles. The molecule has 0 aromatic rings. The Bertz CT molecular complexity index is 190. The first-order chi connectivity index (χ1) is 5.57. The summed E-state index contributed by atoms with van der Waals surface area (Å²) in [6.45, 7) is 1.37. The van der Waals surface area contributed by atoms with Gasteiger partial charge < -0.3 is 15.2 Å². The molecule has 0 spiro atoms. The number of aliphatic carboxylic acids is 1. The van der Waals surface area contributed by atoms with Crippen LogP contribution in [-0.4, -0.2) is 29.3 Å². The number of carboxylic acid groups (broad SMARTS) is 1. The first-order valence-electron chi connectivity index (χ1n) is 3.50. The molecule has 0 saturated carbocycles. The maximum Gasteiger partial charge on any atom is 0.326 e. The molecule has 0 aromatic heterocycles. The average molecular weight is 173 g/mol. The minimum absolute atomic E-state index is 0.0889. The summed E-state index contributed by atoms with van der Waals surface area (Å²) < 4.78 is 0. The Kier molecular flexibility index (Phi) is 4.67. The number of carboxylic acids is 1. The van der Waals surface area contributed by atoms with Crippen molar-refractivity contribution in [1.29, 1.82) is 0 Å². The molecule has 1 unspecified atom stereocenters. The van der Waals surface area contributed by atoms with Crippen LogP contribution in [0.5, 0.6) is 0 Å². The number of Topliss-reactive ketones (excluding diaryl/α,β-unsaturated/α-hetero) is 1. The molecule has 0 aromatic carbocycles. The summed E-state index contributed by atoms with van der Waals surface area (Å²) in [5, 5.41) is 10.6. The van der Waals surface area contributed by atoms with E-state index in [9.17, 15) is 14.4 Å². The van der Waals surface area contributed by atoms with Crippen LogP contribution in [0, 0.1) is 0 Å². The summed E-state index contributed by atoms with van der Waals surface area (Å²) in [6, 6.07) is -0.952. The molecule has 2 N–H and O–H groups in total. The quantitative estimate of drug-likeness (QED) is 0.533. The molecule has 0 heterocycles. The number of ketones is 1. The predicted octanol–water partition coefficient (Wildman–Crippen LogP) is -0.445. The standard InChI is InChI=1S/C7H11NO4/c1-5(10)2-3-6(7(11)12)8-4-9/h4,6H,2-3H2,1H3,(H,8,9)(H,11,12). The summed E-state index contributed by atoms with van der Waals surface area (Å²) in [5.41, 5.74) is 0. The van der Waals surface area contributed by atoms with Crippen molar-refractivity contribution in [3.05, 3.63) is 0 Å². The highest BCUT2D eigenvalue weighted by Gasteiger charge is 2.15. The minimum Gasteiger partial charge on any atom is -0.480 e. The van der Waals surface area contributed by atoms with Crippen molar-refractivity contribution < 1.29 is 19.5 Å². The van der Waals surface area contributed by atoms with Crippen LogP contribution in [-0.2, 0) is 14.4 Å². The van der Waals surface area contributed by atoms with Crippen molar-refractivity contribution in [3.8, 4) is 0 Å². The summed E-state index contributed by atoms with van der Waals surface area (Å²) in [6.07, 6.45) is 0.625. The molecular formula is C7H11NO4. The fraction of sp³-hybridized carbons (Fsp3) is 0.571. The third-order valence-electron chi connectivity index (χ3n) is 1.35. The second-order valence-corrected chi connectivity index (χ2v) is 2.42. The van der Waals surface area contributed by atoms with Crippen molar-refractivity contribution in [3.63, 3.8) is 0 Å². The number of carbonyl (C=O) groups excluding carboxylic acids is 2. The molecule has 0 aliphatic heterocycles. The second kappa shape index (κ2) is 5.29. The van der Waals surface area contributed by atoms with E-state index in [1.54, 1.807) is 0 Å². The summed E-state index contributed by atoms with van der Waals surface area (Å²) in [7, 11) is 0. The average Bonchev–Trinajstić information content (AvgIpc) is 1.96. The number of amides is 1. The van der Waals surface area contributed by atoms with Crippen LogP contribution in [0.3, 0.4) is 0 Å². The lowest BCUT2D eigenvalue weighted by atomic mass is 10.1. The van der Waals surface area contributed by atoms with E-state index in [4.69, 9.17) is 5.11 Å². The zero-order valence-electron chi connectivity index (χ0n) is 6.74. The van der Waals surface area contributed by atoms with Crippen molar-refractivity contribution in [2.45, 2.75) is 25.8 Å². The van der Waals surface area contributed by atoms with Crippen molar-refractivity contribution in [2.24, 2.45) is 0 Å². The van der Waals surface area contributed by atoms with Crippen LogP contribution in [0.25, 0.3) is 0 Å². The highest BCUT2D eigenvalue weighted by atomic mass is 16.4. The van der Waals surface area contributed by atoms with Gasteiger partial charge in [0.15, 0.2) is 0 Å². The van der Waals surface area contributed by atoms with E-state index in [2.05, 4.69) is 5.32 Å².